The zero-order valence-electron chi connectivity index (χ0n) is 16.8. The molecule has 0 spiro atoms. The van der Waals surface area contributed by atoms with Gasteiger partial charge in [-0.3, -0.25) is 19.2 Å². The Bertz CT molecular complexity index is 609. The first-order valence-corrected chi connectivity index (χ1v) is 9.17. The van der Waals surface area contributed by atoms with E-state index in [2.05, 4.69) is 16.0 Å². The summed E-state index contributed by atoms with van der Waals surface area (Å²) in [5, 5.41) is 25.0. The second kappa shape index (κ2) is 12.7. The maximum atomic E-state index is 12.3. The van der Waals surface area contributed by atoms with Gasteiger partial charge in [0.15, 0.2) is 6.04 Å². The van der Waals surface area contributed by atoms with E-state index < -0.39 is 60.4 Å². The van der Waals surface area contributed by atoms with Crippen molar-refractivity contribution in [3.8, 4) is 0 Å². The van der Waals surface area contributed by atoms with Crippen molar-refractivity contribution < 1.29 is 34.2 Å². The van der Waals surface area contributed by atoms with Crippen molar-refractivity contribution in [3.63, 3.8) is 0 Å². The molecule has 9 N–H and O–H groups in total. The molecule has 12 heteroatoms. The minimum Gasteiger partial charge on any atom is -0.480 e. The molecular formula is C17H31N5O7. The van der Waals surface area contributed by atoms with Crippen LogP contribution >= 0.6 is 0 Å². The monoisotopic (exact) mass is 417 g/mol. The molecule has 0 aromatic carbocycles. The molecule has 0 saturated carbocycles. The molecule has 12 nitrogen and oxygen atoms in total. The fourth-order valence-electron chi connectivity index (χ4n) is 2.35. The summed E-state index contributed by atoms with van der Waals surface area (Å²) in [7, 11) is 0. The van der Waals surface area contributed by atoms with E-state index in [4.69, 9.17) is 16.6 Å². The molecule has 0 bridgehead atoms. The first-order valence-electron chi connectivity index (χ1n) is 9.17. The lowest BCUT2D eigenvalue weighted by Crippen LogP contribution is -2.54. The smallest absolute Gasteiger partial charge is 0.328 e. The number of carbonyl (C=O) groups excluding carboxylic acids is 4. The van der Waals surface area contributed by atoms with E-state index in [0.29, 0.717) is 6.42 Å². The third-order valence-electron chi connectivity index (χ3n) is 3.86. The molecule has 0 fully saturated rings. The van der Waals surface area contributed by atoms with Crippen LogP contribution in [-0.2, 0) is 24.0 Å². The molecule has 0 saturated heterocycles. The summed E-state index contributed by atoms with van der Waals surface area (Å²) in [6, 6.07) is -3.56. The van der Waals surface area contributed by atoms with Crippen LogP contribution in [0.1, 0.15) is 40.0 Å². The number of carboxylic acids is 1. The van der Waals surface area contributed by atoms with Crippen LogP contribution in [0.25, 0.3) is 0 Å². The number of amides is 4. The summed E-state index contributed by atoms with van der Waals surface area (Å²) in [6.07, 6.45) is -1.26. The number of rotatable bonds is 13. The van der Waals surface area contributed by atoms with E-state index in [1.165, 1.54) is 6.92 Å². The highest BCUT2D eigenvalue weighted by atomic mass is 16.4. The van der Waals surface area contributed by atoms with Crippen molar-refractivity contribution in [1.29, 1.82) is 0 Å². The van der Waals surface area contributed by atoms with Crippen LogP contribution < -0.4 is 27.4 Å². The SMILES string of the molecule is CC(C)CC(N)C(=O)NC(CCC(N)=O)C(=O)NCC(=O)NC(C(=O)O)C(C)O. The number of carbonyl (C=O) groups is 5. The number of aliphatic hydroxyl groups is 1. The average molecular weight is 417 g/mol. The van der Waals surface area contributed by atoms with Gasteiger partial charge in [-0.1, -0.05) is 13.8 Å². The van der Waals surface area contributed by atoms with Gasteiger partial charge in [0.25, 0.3) is 0 Å². The molecule has 0 aromatic rings. The molecule has 4 atom stereocenters. The summed E-state index contributed by atoms with van der Waals surface area (Å²) in [6.45, 7) is 4.34. The van der Waals surface area contributed by atoms with Gasteiger partial charge in [0, 0.05) is 6.42 Å². The Morgan fingerprint density at radius 1 is 1.00 bits per heavy atom. The molecule has 0 aliphatic carbocycles. The second-order valence-electron chi connectivity index (χ2n) is 7.14. The van der Waals surface area contributed by atoms with Crippen LogP contribution in [0.3, 0.4) is 0 Å². The maximum absolute atomic E-state index is 12.3. The number of aliphatic hydroxyl groups excluding tert-OH is 1. The Kier molecular flexibility index (Phi) is 11.5. The molecule has 29 heavy (non-hydrogen) atoms. The van der Waals surface area contributed by atoms with Gasteiger partial charge in [0.1, 0.15) is 6.04 Å². The van der Waals surface area contributed by atoms with E-state index in [1.807, 2.05) is 13.8 Å². The lowest BCUT2D eigenvalue weighted by Gasteiger charge is -2.21. The maximum Gasteiger partial charge on any atom is 0.328 e. The number of hydrogen-bond donors (Lipinski definition) is 7. The summed E-state index contributed by atoms with van der Waals surface area (Å²) in [5.74, 6) is -4.19. The van der Waals surface area contributed by atoms with Gasteiger partial charge < -0.3 is 37.6 Å². The lowest BCUT2D eigenvalue weighted by atomic mass is 10.0. The quantitative estimate of drug-likeness (QED) is 0.165. The highest BCUT2D eigenvalue weighted by Gasteiger charge is 2.27. The second-order valence-corrected chi connectivity index (χ2v) is 7.14. The molecule has 0 rings (SSSR count). The van der Waals surface area contributed by atoms with E-state index in [9.17, 15) is 29.1 Å². The first kappa shape index (κ1) is 26.3. The Morgan fingerprint density at radius 3 is 2.03 bits per heavy atom. The molecule has 166 valence electrons. The van der Waals surface area contributed by atoms with E-state index in [1.54, 1.807) is 0 Å². The molecule has 0 aliphatic heterocycles. The first-order chi connectivity index (χ1) is 13.3. The van der Waals surface area contributed by atoms with Crippen molar-refractivity contribution in [2.75, 3.05) is 6.54 Å². The van der Waals surface area contributed by atoms with Gasteiger partial charge in [-0.05, 0) is 25.7 Å². The minimum absolute atomic E-state index is 0.103. The van der Waals surface area contributed by atoms with Gasteiger partial charge in [-0.15, -0.1) is 0 Å². The third kappa shape index (κ3) is 11.0. The van der Waals surface area contributed by atoms with Gasteiger partial charge in [0.05, 0.1) is 18.7 Å². The Labute approximate surface area is 168 Å². The standard InChI is InChI=1S/C17H31N5O7/c1-8(2)6-10(18)15(26)21-11(4-5-12(19)24)16(27)20-7-13(25)22-14(9(3)23)17(28)29/h8-11,14,23H,4-7,18H2,1-3H3,(H2,19,24)(H,20,27)(H,21,26)(H,22,25)(H,28,29). The fourth-order valence-corrected chi connectivity index (χ4v) is 2.35. The highest BCUT2D eigenvalue weighted by molar-refractivity contribution is 5.93. The summed E-state index contributed by atoms with van der Waals surface area (Å²) in [5.41, 5.74) is 10.9. The highest BCUT2D eigenvalue weighted by Crippen LogP contribution is 2.04. The number of aliphatic carboxylic acids is 1. The predicted octanol–water partition coefficient (Wildman–Crippen LogP) is -2.82. The molecular weight excluding hydrogens is 386 g/mol. The Morgan fingerprint density at radius 2 is 1.59 bits per heavy atom. The van der Waals surface area contributed by atoms with Gasteiger partial charge >= 0.3 is 5.97 Å². The van der Waals surface area contributed by atoms with Crippen molar-refractivity contribution in [3.05, 3.63) is 0 Å². The average Bonchev–Trinajstić information content (AvgIpc) is 2.59. The van der Waals surface area contributed by atoms with Crippen LogP contribution in [0.5, 0.6) is 0 Å². The minimum atomic E-state index is -1.54. The van der Waals surface area contributed by atoms with E-state index in [-0.39, 0.29) is 18.8 Å². The Balaban J connectivity index is 4.90. The predicted molar refractivity (Wildman–Crippen MR) is 102 cm³/mol. The fraction of sp³-hybridized carbons (Fsp3) is 0.706. The largest absolute Gasteiger partial charge is 0.480 e. The molecule has 4 unspecified atom stereocenters. The molecule has 0 heterocycles. The van der Waals surface area contributed by atoms with Crippen molar-refractivity contribution in [2.24, 2.45) is 17.4 Å². The van der Waals surface area contributed by atoms with Crippen LogP contribution in [0, 0.1) is 5.92 Å². The lowest BCUT2D eigenvalue weighted by molar-refractivity contribution is -0.144. The van der Waals surface area contributed by atoms with Crippen LogP contribution in [0.2, 0.25) is 0 Å². The summed E-state index contributed by atoms with van der Waals surface area (Å²) in [4.78, 5) is 58.3. The number of nitrogens with one attached hydrogen (secondary N) is 3. The van der Waals surface area contributed by atoms with Crippen LogP contribution in [0.15, 0.2) is 0 Å². The number of hydrogen-bond acceptors (Lipinski definition) is 7. The van der Waals surface area contributed by atoms with Crippen LogP contribution in [-0.4, -0.2) is 70.6 Å². The number of primary amides is 1. The van der Waals surface area contributed by atoms with Crippen molar-refractivity contribution in [1.82, 2.24) is 16.0 Å². The molecule has 0 aromatic heterocycles. The van der Waals surface area contributed by atoms with E-state index in [0.717, 1.165) is 0 Å². The molecule has 0 aliphatic rings. The Hall–Kier alpha value is -2.73. The van der Waals surface area contributed by atoms with Crippen molar-refractivity contribution >= 4 is 29.6 Å². The van der Waals surface area contributed by atoms with E-state index >= 15 is 0 Å². The third-order valence-corrected chi connectivity index (χ3v) is 3.86. The normalized spacial score (nSPS) is 15.0. The summed E-state index contributed by atoms with van der Waals surface area (Å²) >= 11 is 0. The topological polar surface area (TPSA) is 214 Å². The van der Waals surface area contributed by atoms with Gasteiger partial charge in [0.2, 0.25) is 23.6 Å². The zero-order chi connectivity index (χ0) is 22.7. The van der Waals surface area contributed by atoms with Gasteiger partial charge in [-0.2, -0.15) is 0 Å². The molecule has 0 radical (unpaired) electrons. The van der Waals surface area contributed by atoms with Crippen molar-refractivity contribution in [2.45, 2.75) is 64.3 Å². The number of nitrogens with two attached hydrogens (primary N) is 2. The summed E-state index contributed by atoms with van der Waals surface area (Å²) < 4.78 is 0. The van der Waals surface area contributed by atoms with Gasteiger partial charge in [-0.25, -0.2) is 4.79 Å². The molecule has 4 amide bonds. The number of carboxylic acid groups (broad SMARTS) is 1. The zero-order valence-corrected chi connectivity index (χ0v) is 16.8. The van der Waals surface area contributed by atoms with Crippen LogP contribution in [0.4, 0.5) is 0 Å².